The summed E-state index contributed by atoms with van der Waals surface area (Å²) >= 11 is 0. The molecule has 1 aliphatic carbocycles. The molecular weight excluding hydrogens is 320 g/mol. The Morgan fingerprint density at radius 2 is 2.04 bits per heavy atom. The Labute approximate surface area is 147 Å². The van der Waals surface area contributed by atoms with Crippen LogP contribution in [0.2, 0.25) is 0 Å². The number of hydrogen-bond donors (Lipinski definition) is 1. The van der Waals surface area contributed by atoms with Crippen LogP contribution < -0.4 is 9.80 Å². The zero-order valence-electron chi connectivity index (χ0n) is 14.7. The number of fused-ring (bicyclic) bond motifs is 2. The van der Waals surface area contributed by atoms with E-state index in [0.717, 1.165) is 42.7 Å². The Morgan fingerprint density at radius 3 is 2.64 bits per heavy atom. The molecule has 7 nitrogen and oxygen atoms in total. The number of carboxylic acid groups (broad SMARTS) is 1. The normalized spacial score (nSPS) is 35.4. The van der Waals surface area contributed by atoms with Gasteiger partial charge in [0.25, 0.3) is 0 Å². The summed E-state index contributed by atoms with van der Waals surface area (Å²) in [4.78, 5) is 25.3. The van der Waals surface area contributed by atoms with Crippen LogP contribution in [0.15, 0.2) is 0 Å². The molecule has 0 aromatic carbocycles. The van der Waals surface area contributed by atoms with Crippen molar-refractivity contribution in [2.75, 3.05) is 29.4 Å². The first-order chi connectivity index (χ1) is 12.0. The molecule has 1 N–H and O–H groups in total. The fourth-order valence-corrected chi connectivity index (χ4v) is 4.77. The van der Waals surface area contributed by atoms with E-state index in [9.17, 15) is 4.79 Å². The Morgan fingerprint density at radius 1 is 1.28 bits per heavy atom. The topological polar surface area (TPSA) is 78.8 Å². The van der Waals surface area contributed by atoms with Gasteiger partial charge in [-0.2, -0.15) is 4.98 Å². The molecule has 134 valence electrons. The van der Waals surface area contributed by atoms with Gasteiger partial charge in [-0.3, -0.25) is 4.79 Å². The van der Waals surface area contributed by atoms with Crippen molar-refractivity contribution in [2.24, 2.45) is 17.8 Å². The van der Waals surface area contributed by atoms with Crippen molar-refractivity contribution in [3.63, 3.8) is 0 Å². The van der Waals surface area contributed by atoms with Crippen LogP contribution in [-0.4, -0.2) is 46.7 Å². The van der Waals surface area contributed by atoms with E-state index in [2.05, 4.69) is 23.6 Å². The second kappa shape index (κ2) is 5.30. The van der Waals surface area contributed by atoms with Crippen molar-refractivity contribution >= 4 is 17.7 Å². The van der Waals surface area contributed by atoms with Gasteiger partial charge in [-0.15, -0.1) is 0 Å². The minimum absolute atomic E-state index is 0.0176. The molecule has 5 rings (SSSR count). The molecule has 5 atom stereocenters. The van der Waals surface area contributed by atoms with Crippen molar-refractivity contribution in [3.8, 4) is 0 Å². The van der Waals surface area contributed by atoms with Crippen LogP contribution in [-0.2, 0) is 16.1 Å². The van der Waals surface area contributed by atoms with Crippen LogP contribution in [0.3, 0.4) is 0 Å². The van der Waals surface area contributed by atoms with E-state index < -0.39 is 5.97 Å². The summed E-state index contributed by atoms with van der Waals surface area (Å²) in [6, 6.07) is 0.496. The number of anilines is 2. The van der Waals surface area contributed by atoms with E-state index in [1.807, 2.05) is 0 Å². The van der Waals surface area contributed by atoms with E-state index in [0.29, 0.717) is 36.8 Å². The first-order valence-electron chi connectivity index (χ1n) is 9.28. The van der Waals surface area contributed by atoms with Gasteiger partial charge in [0.2, 0.25) is 5.95 Å². The van der Waals surface area contributed by atoms with Crippen molar-refractivity contribution < 1.29 is 14.6 Å². The average Bonchev–Trinajstić information content (AvgIpc) is 2.91. The van der Waals surface area contributed by atoms with E-state index in [4.69, 9.17) is 19.8 Å². The lowest BCUT2D eigenvalue weighted by Gasteiger charge is -2.39. The van der Waals surface area contributed by atoms with Crippen molar-refractivity contribution in [1.29, 1.82) is 0 Å². The molecule has 1 saturated carbocycles. The molecular formula is C18H24N4O3. The first kappa shape index (κ1) is 15.4. The number of ether oxygens (including phenoxy) is 1. The number of rotatable bonds is 4. The van der Waals surface area contributed by atoms with Gasteiger partial charge in [0.1, 0.15) is 5.82 Å². The highest BCUT2D eigenvalue weighted by atomic mass is 16.5. The number of nitrogens with zero attached hydrogens (tertiary/aromatic N) is 4. The third kappa shape index (κ3) is 2.32. The lowest BCUT2D eigenvalue weighted by atomic mass is 10.1. The maximum atomic E-state index is 11.0. The summed E-state index contributed by atoms with van der Waals surface area (Å²) in [5.74, 6) is 2.54. The monoisotopic (exact) mass is 344 g/mol. The second-order valence-electron chi connectivity index (χ2n) is 7.99. The first-order valence-corrected chi connectivity index (χ1v) is 9.28. The van der Waals surface area contributed by atoms with Crippen LogP contribution in [0.25, 0.3) is 0 Å². The fourth-order valence-electron chi connectivity index (χ4n) is 4.77. The molecule has 7 heteroatoms. The number of piperidine rings is 1. The summed E-state index contributed by atoms with van der Waals surface area (Å²) in [6.45, 7) is 7.68. The average molecular weight is 344 g/mol. The molecule has 1 aromatic heterocycles. The predicted molar refractivity (Wildman–Crippen MR) is 91.6 cm³/mol. The Balaban J connectivity index is 1.42. The van der Waals surface area contributed by atoms with Gasteiger partial charge in [0, 0.05) is 37.7 Å². The molecule has 2 saturated heterocycles. The van der Waals surface area contributed by atoms with Gasteiger partial charge in [-0.1, -0.05) is 0 Å². The summed E-state index contributed by atoms with van der Waals surface area (Å²) in [5, 5.41) is 9.02. The number of hydrogen-bond acceptors (Lipinski definition) is 6. The number of aliphatic carboxylic acids is 1. The molecule has 0 spiro atoms. The van der Waals surface area contributed by atoms with Crippen LogP contribution in [0.4, 0.5) is 11.8 Å². The summed E-state index contributed by atoms with van der Waals surface area (Å²) in [7, 11) is 0. The molecule has 0 radical (unpaired) electrons. The van der Waals surface area contributed by atoms with E-state index in [1.165, 1.54) is 6.42 Å². The molecule has 25 heavy (non-hydrogen) atoms. The third-order valence-corrected chi connectivity index (χ3v) is 6.53. The molecule has 0 amide bonds. The summed E-state index contributed by atoms with van der Waals surface area (Å²) in [6.07, 6.45) is 1.51. The molecule has 3 aliphatic heterocycles. The van der Waals surface area contributed by atoms with Gasteiger partial charge >= 0.3 is 5.97 Å². The van der Waals surface area contributed by atoms with Crippen LogP contribution in [0, 0.1) is 17.8 Å². The Hall–Kier alpha value is -1.89. The largest absolute Gasteiger partial charge is 0.481 e. The minimum Gasteiger partial charge on any atom is -0.481 e. The lowest BCUT2D eigenvalue weighted by Crippen LogP contribution is -2.47. The van der Waals surface area contributed by atoms with Gasteiger partial charge < -0.3 is 19.6 Å². The maximum absolute atomic E-state index is 11.0. The van der Waals surface area contributed by atoms with Gasteiger partial charge in [0.15, 0.2) is 0 Å². The number of carbonyl (C=O) groups is 1. The van der Waals surface area contributed by atoms with Crippen LogP contribution >= 0.6 is 0 Å². The Kier molecular flexibility index (Phi) is 3.26. The molecule has 1 aromatic rings. The highest BCUT2D eigenvalue weighted by Crippen LogP contribution is 2.55. The summed E-state index contributed by atoms with van der Waals surface area (Å²) in [5.41, 5.74) is 2.15. The molecule has 0 unspecified atom stereocenters. The van der Waals surface area contributed by atoms with Crippen molar-refractivity contribution in [1.82, 2.24) is 9.97 Å². The van der Waals surface area contributed by atoms with Crippen molar-refractivity contribution in [3.05, 3.63) is 11.3 Å². The van der Waals surface area contributed by atoms with E-state index in [1.54, 1.807) is 0 Å². The summed E-state index contributed by atoms with van der Waals surface area (Å²) < 4.78 is 5.82. The van der Waals surface area contributed by atoms with Gasteiger partial charge in [-0.05, 0) is 38.0 Å². The standard InChI is InChI=1S/C18H24N4O3/c1-9-3-4-22(9)18-19-16-10(2)25-8-14(16)17(20-18)21-6-12-11(5-15(23)24)13(12)7-21/h9-13H,3-8H2,1-2H3,(H,23,24)/t9-,10-,11-,12-,13+/m0/s1. The molecule has 4 aliphatic rings. The van der Waals surface area contributed by atoms with Crippen LogP contribution in [0.1, 0.15) is 44.1 Å². The highest BCUT2D eigenvalue weighted by Gasteiger charge is 2.56. The van der Waals surface area contributed by atoms with Gasteiger partial charge in [-0.25, -0.2) is 4.98 Å². The smallest absolute Gasteiger partial charge is 0.303 e. The van der Waals surface area contributed by atoms with E-state index >= 15 is 0 Å². The molecule has 4 heterocycles. The third-order valence-electron chi connectivity index (χ3n) is 6.53. The van der Waals surface area contributed by atoms with Crippen molar-refractivity contribution in [2.45, 2.75) is 45.4 Å². The quantitative estimate of drug-likeness (QED) is 0.892. The number of aromatic nitrogens is 2. The van der Waals surface area contributed by atoms with Gasteiger partial charge in [0.05, 0.1) is 18.4 Å². The predicted octanol–water partition coefficient (Wildman–Crippen LogP) is 1.82. The SMILES string of the molecule is C[C@@H]1OCc2c1nc(N1CC[C@@H]1C)nc2N1C[C@@H]2[C@@H](CC(=O)O)[C@@H]2C1. The molecule has 0 bridgehead atoms. The zero-order valence-corrected chi connectivity index (χ0v) is 14.7. The maximum Gasteiger partial charge on any atom is 0.303 e. The number of carboxylic acids is 1. The lowest BCUT2D eigenvalue weighted by molar-refractivity contribution is -0.137. The van der Waals surface area contributed by atoms with Crippen LogP contribution in [0.5, 0.6) is 0 Å². The highest BCUT2D eigenvalue weighted by molar-refractivity contribution is 5.68. The fraction of sp³-hybridized carbons (Fsp3) is 0.722. The molecule has 3 fully saturated rings. The van der Waals surface area contributed by atoms with E-state index in [-0.39, 0.29) is 6.10 Å². The zero-order chi connectivity index (χ0) is 17.3. The minimum atomic E-state index is -0.676. The Bertz CT molecular complexity index is 727. The second-order valence-corrected chi connectivity index (χ2v) is 7.99.